The maximum atomic E-state index is 12.9. The number of nitrogens with zero attached hydrogens (tertiary/aromatic N) is 4. The molecule has 2 aliphatic heterocycles. The van der Waals surface area contributed by atoms with Crippen LogP contribution in [0.3, 0.4) is 0 Å². The van der Waals surface area contributed by atoms with Gasteiger partial charge in [0.05, 0.1) is 29.7 Å². The lowest BCUT2D eigenvalue weighted by Gasteiger charge is -2.24. The van der Waals surface area contributed by atoms with Crippen molar-refractivity contribution in [2.75, 3.05) is 13.6 Å². The van der Waals surface area contributed by atoms with Crippen LogP contribution in [-0.2, 0) is 19.5 Å². The van der Waals surface area contributed by atoms with Crippen molar-refractivity contribution < 1.29 is 4.79 Å². The summed E-state index contributed by atoms with van der Waals surface area (Å²) in [5, 5.41) is 10.6. The van der Waals surface area contributed by atoms with Gasteiger partial charge in [-0.25, -0.2) is 4.98 Å². The molecular formula is C18H26N6O. The SMILES string of the molecule is CN(Cc1cn2c(n1)CCCC2)C(=O)c1cn[nH]c1C1CCCCN1. The number of carbonyl (C=O) groups excluding carboxylic acids is 1. The van der Waals surface area contributed by atoms with Crippen LogP contribution in [0.15, 0.2) is 12.4 Å². The Morgan fingerprint density at radius 1 is 1.36 bits per heavy atom. The molecule has 1 saturated heterocycles. The summed E-state index contributed by atoms with van der Waals surface area (Å²) in [4.78, 5) is 19.4. The molecule has 2 aliphatic rings. The summed E-state index contributed by atoms with van der Waals surface area (Å²) in [7, 11) is 1.84. The third-order valence-corrected chi connectivity index (χ3v) is 5.26. The second kappa shape index (κ2) is 7.00. The smallest absolute Gasteiger partial charge is 0.257 e. The predicted molar refractivity (Wildman–Crippen MR) is 94.1 cm³/mol. The molecule has 0 bridgehead atoms. The van der Waals surface area contributed by atoms with E-state index >= 15 is 0 Å². The van der Waals surface area contributed by atoms with Crippen molar-refractivity contribution in [1.29, 1.82) is 0 Å². The average molecular weight is 342 g/mol. The molecule has 0 saturated carbocycles. The standard InChI is InChI=1S/C18H26N6O/c1-23(11-13-12-24-9-5-3-7-16(24)21-13)18(25)14-10-20-22-17(14)15-6-2-4-8-19-15/h10,12,15,19H,2-9,11H2,1H3,(H,20,22). The van der Waals surface area contributed by atoms with Gasteiger partial charge in [0.1, 0.15) is 5.82 Å². The van der Waals surface area contributed by atoms with Crippen molar-refractivity contribution in [3.8, 4) is 0 Å². The van der Waals surface area contributed by atoms with Crippen LogP contribution >= 0.6 is 0 Å². The summed E-state index contributed by atoms with van der Waals surface area (Å²) in [5.74, 6) is 1.15. The Hall–Kier alpha value is -2.15. The molecule has 1 atom stereocenters. The number of aromatic nitrogens is 4. The van der Waals surface area contributed by atoms with Crippen LogP contribution in [0.25, 0.3) is 0 Å². The van der Waals surface area contributed by atoms with Gasteiger partial charge in [-0.3, -0.25) is 9.89 Å². The fourth-order valence-electron chi connectivity index (χ4n) is 3.90. The molecule has 4 rings (SSSR count). The first kappa shape index (κ1) is 16.3. The van der Waals surface area contributed by atoms with Gasteiger partial charge in [-0.05, 0) is 32.2 Å². The monoisotopic (exact) mass is 342 g/mol. The van der Waals surface area contributed by atoms with Crippen molar-refractivity contribution in [1.82, 2.24) is 30.0 Å². The highest BCUT2D eigenvalue weighted by Crippen LogP contribution is 2.25. The van der Waals surface area contributed by atoms with Gasteiger partial charge in [-0.15, -0.1) is 0 Å². The van der Waals surface area contributed by atoms with Crippen molar-refractivity contribution in [2.45, 2.75) is 57.7 Å². The number of hydrogen-bond acceptors (Lipinski definition) is 4. The minimum absolute atomic E-state index is 0.00194. The molecule has 0 spiro atoms. The maximum absolute atomic E-state index is 12.9. The molecule has 1 amide bonds. The summed E-state index contributed by atoms with van der Waals surface area (Å²) in [5.41, 5.74) is 2.56. The largest absolute Gasteiger partial charge is 0.336 e. The van der Waals surface area contributed by atoms with Gasteiger partial charge in [0.15, 0.2) is 0 Å². The molecular weight excluding hydrogens is 316 g/mol. The molecule has 2 aromatic rings. The topological polar surface area (TPSA) is 78.8 Å². The number of amides is 1. The number of aromatic amines is 1. The molecule has 134 valence electrons. The van der Waals surface area contributed by atoms with Crippen molar-refractivity contribution in [3.05, 3.63) is 35.2 Å². The summed E-state index contributed by atoms with van der Waals surface area (Å²) >= 11 is 0. The lowest BCUT2D eigenvalue weighted by molar-refractivity contribution is 0.0781. The van der Waals surface area contributed by atoms with Gasteiger partial charge in [-0.1, -0.05) is 6.42 Å². The minimum atomic E-state index is 0.00194. The lowest BCUT2D eigenvalue weighted by Crippen LogP contribution is -2.31. The molecule has 2 N–H and O–H groups in total. The van der Waals surface area contributed by atoms with Gasteiger partial charge in [0.25, 0.3) is 5.91 Å². The molecule has 7 heteroatoms. The molecule has 25 heavy (non-hydrogen) atoms. The molecule has 0 aliphatic carbocycles. The number of fused-ring (bicyclic) bond motifs is 1. The third kappa shape index (κ3) is 3.33. The van der Waals surface area contributed by atoms with Crippen molar-refractivity contribution >= 4 is 5.91 Å². The average Bonchev–Trinajstić information content (AvgIpc) is 3.28. The number of rotatable bonds is 4. The number of hydrogen-bond donors (Lipinski definition) is 2. The minimum Gasteiger partial charge on any atom is -0.336 e. The van der Waals surface area contributed by atoms with E-state index < -0.39 is 0 Å². The predicted octanol–water partition coefficient (Wildman–Crippen LogP) is 2.03. The number of H-pyrrole nitrogens is 1. The van der Waals surface area contributed by atoms with Crippen LogP contribution in [0, 0.1) is 0 Å². The molecule has 0 aromatic carbocycles. The molecule has 7 nitrogen and oxygen atoms in total. The van der Waals surface area contributed by atoms with E-state index in [1.807, 2.05) is 7.05 Å². The fourth-order valence-corrected chi connectivity index (χ4v) is 3.90. The first-order chi connectivity index (χ1) is 12.2. The van der Waals surface area contributed by atoms with E-state index in [0.717, 1.165) is 43.1 Å². The van der Waals surface area contributed by atoms with Crippen LogP contribution in [0.5, 0.6) is 0 Å². The summed E-state index contributed by atoms with van der Waals surface area (Å²) in [6, 6.07) is 0.198. The highest BCUT2D eigenvalue weighted by Gasteiger charge is 2.25. The first-order valence-electron chi connectivity index (χ1n) is 9.29. The van der Waals surface area contributed by atoms with Gasteiger partial charge >= 0.3 is 0 Å². The number of imidazole rings is 1. The Bertz CT molecular complexity index is 719. The highest BCUT2D eigenvalue weighted by atomic mass is 16.2. The van der Waals surface area contributed by atoms with E-state index in [9.17, 15) is 4.79 Å². The summed E-state index contributed by atoms with van der Waals surface area (Å²) < 4.78 is 2.23. The Kier molecular flexibility index (Phi) is 4.57. The molecule has 1 unspecified atom stereocenters. The maximum Gasteiger partial charge on any atom is 0.257 e. The van der Waals surface area contributed by atoms with Crippen LogP contribution in [0.4, 0.5) is 0 Å². The van der Waals surface area contributed by atoms with E-state index in [2.05, 4.69) is 26.3 Å². The Morgan fingerprint density at radius 3 is 3.08 bits per heavy atom. The zero-order chi connectivity index (χ0) is 17.2. The van der Waals surface area contributed by atoms with E-state index in [1.54, 1.807) is 11.1 Å². The van der Waals surface area contributed by atoms with Gasteiger partial charge in [-0.2, -0.15) is 5.10 Å². The normalized spacial score (nSPS) is 20.3. The van der Waals surface area contributed by atoms with Crippen molar-refractivity contribution in [2.24, 2.45) is 0 Å². The Balaban J connectivity index is 1.47. The van der Waals surface area contributed by atoms with Crippen LogP contribution < -0.4 is 5.32 Å². The van der Waals surface area contributed by atoms with E-state index in [-0.39, 0.29) is 11.9 Å². The molecule has 2 aromatic heterocycles. The van der Waals surface area contributed by atoms with E-state index in [0.29, 0.717) is 12.1 Å². The van der Waals surface area contributed by atoms with Crippen LogP contribution in [0.1, 0.15) is 65.7 Å². The Labute approximate surface area is 147 Å². The number of piperidine rings is 1. The van der Waals surface area contributed by atoms with E-state index in [1.165, 1.54) is 25.7 Å². The van der Waals surface area contributed by atoms with Gasteiger partial charge < -0.3 is 14.8 Å². The number of nitrogens with one attached hydrogen (secondary N) is 2. The van der Waals surface area contributed by atoms with Crippen molar-refractivity contribution in [3.63, 3.8) is 0 Å². The first-order valence-corrected chi connectivity index (χ1v) is 9.29. The Morgan fingerprint density at radius 2 is 2.28 bits per heavy atom. The second-order valence-electron chi connectivity index (χ2n) is 7.16. The highest BCUT2D eigenvalue weighted by molar-refractivity contribution is 5.95. The van der Waals surface area contributed by atoms with Crippen LogP contribution in [-0.4, -0.2) is 44.1 Å². The number of aryl methyl sites for hydroxylation is 2. The fraction of sp³-hybridized carbons (Fsp3) is 0.611. The zero-order valence-electron chi connectivity index (χ0n) is 14.8. The van der Waals surface area contributed by atoms with Gasteiger partial charge in [0.2, 0.25) is 0 Å². The third-order valence-electron chi connectivity index (χ3n) is 5.26. The molecule has 0 radical (unpaired) electrons. The zero-order valence-corrected chi connectivity index (χ0v) is 14.8. The quantitative estimate of drug-likeness (QED) is 0.891. The van der Waals surface area contributed by atoms with Crippen LogP contribution in [0.2, 0.25) is 0 Å². The number of carbonyl (C=O) groups is 1. The summed E-state index contributed by atoms with van der Waals surface area (Å²) in [6.45, 7) is 2.56. The van der Waals surface area contributed by atoms with Gasteiger partial charge in [0, 0.05) is 32.3 Å². The molecule has 4 heterocycles. The summed E-state index contributed by atoms with van der Waals surface area (Å²) in [6.07, 6.45) is 10.6. The second-order valence-corrected chi connectivity index (χ2v) is 7.16. The van der Waals surface area contributed by atoms with E-state index in [4.69, 9.17) is 4.98 Å². The molecule has 1 fully saturated rings. The lowest BCUT2D eigenvalue weighted by atomic mass is 9.99.